The summed E-state index contributed by atoms with van der Waals surface area (Å²) >= 11 is 0. The van der Waals surface area contributed by atoms with Crippen LogP contribution in [-0.4, -0.2) is 55.5 Å². The second kappa shape index (κ2) is 8.03. The average Bonchev–Trinajstić information content (AvgIpc) is 2.20. The summed E-state index contributed by atoms with van der Waals surface area (Å²) in [5.41, 5.74) is 5.73. The van der Waals surface area contributed by atoms with Crippen LogP contribution in [0.1, 0.15) is 13.3 Å². The Morgan fingerprint density at radius 3 is 2.60 bits per heavy atom. The molecule has 0 spiro atoms. The predicted molar refractivity (Wildman–Crippen MR) is 65.1 cm³/mol. The van der Waals surface area contributed by atoms with Crippen molar-refractivity contribution >= 4 is 11.8 Å². The zero-order chi connectivity index (χ0) is 11.7. The van der Waals surface area contributed by atoms with Crippen LogP contribution in [0.4, 0.5) is 0 Å². The molecule has 15 heavy (non-hydrogen) atoms. The number of hydrogen-bond acceptors (Lipinski definition) is 3. The molecule has 5 nitrogen and oxygen atoms in total. The van der Waals surface area contributed by atoms with Gasteiger partial charge in [0, 0.05) is 19.0 Å². The maximum atomic E-state index is 5.73. The Balaban J connectivity index is 4.00. The van der Waals surface area contributed by atoms with Gasteiger partial charge in [-0.2, -0.15) is 0 Å². The van der Waals surface area contributed by atoms with E-state index in [0.29, 0.717) is 19.0 Å². The zero-order valence-corrected chi connectivity index (χ0v) is 9.90. The second-order valence-corrected chi connectivity index (χ2v) is 3.37. The van der Waals surface area contributed by atoms with Crippen LogP contribution in [0.15, 0.2) is 16.7 Å². The number of nitrogens with zero attached hydrogens (tertiary/aromatic N) is 4. The summed E-state index contributed by atoms with van der Waals surface area (Å²) in [4.78, 5) is 6.33. The van der Waals surface area contributed by atoms with Gasteiger partial charge in [-0.3, -0.25) is 4.99 Å². The third-order valence-corrected chi connectivity index (χ3v) is 1.79. The maximum Gasteiger partial charge on any atom is 0.212 e. The molecule has 0 rings (SSSR count). The van der Waals surface area contributed by atoms with Gasteiger partial charge in [0.25, 0.3) is 0 Å². The molecule has 5 heteroatoms. The third kappa shape index (κ3) is 6.71. The highest BCUT2D eigenvalue weighted by molar-refractivity contribution is 5.78. The summed E-state index contributed by atoms with van der Waals surface area (Å²) in [6.07, 6.45) is 0.989. The minimum Gasteiger partial charge on any atom is -0.368 e. The van der Waals surface area contributed by atoms with E-state index in [4.69, 9.17) is 5.73 Å². The first-order valence-corrected chi connectivity index (χ1v) is 5.06. The highest BCUT2D eigenvalue weighted by atomic mass is 15.5. The second-order valence-electron chi connectivity index (χ2n) is 3.37. The van der Waals surface area contributed by atoms with E-state index in [1.807, 2.05) is 21.0 Å². The van der Waals surface area contributed by atoms with Gasteiger partial charge in [-0.1, -0.05) is 0 Å². The molecule has 0 saturated carbocycles. The van der Waals surface area contributed by atoms with Gasteiger partial charge < -0.3 is 10.6 Å². The molecule has 0 saturated heterocycles. The molecule has 0 heterocycles. The normalized spacial score (nSPS) is 11.3. The maximum absolute atomic E-state index is 5.73. The fraction of sp³-hybridized carbons (Fsp3) is 0.700. The standard InChI is InChI=1S/C10H21N5/c1-5-13-15(6-2)10(11)12-8-7-9-14(3)4/h1,6-9H2,2-4H3,(H2,11,12). The van der Waals surface area contributed by atoms with Crippen LogP contribution in [-0.2, 0) is 0 Å². The van der Waals surface area contributed by atoms with Crippen LogP contribution >= 0.6 is 0 Å². The molecule has 0 aromatic carbocycles. The van der Waals surface area contributed by atoms with Crippen LogP contribution in [0.25, 0.3) is 0 Å². The fourth-order valence-electron chi connectivity index (χ4n) is 1.03. The molecule has 0 aliphatic carbocycles. The summed E-state index contributed by atoms with van der Waals surface area (Å²) in [6.45, 7) is 7.74. The molecule has 2 N–H and O–H groups in total. The molecule has 0 aliphatic heterocycles. The van der Waals surface area contributed by atoms with Gasteiger partial charge in [-0.15, -0.1) is 5.10 Å². The smallest absolute Gasteiger partial charge is 0.212 e. The predicted octanol–water partition coefficient (Wildman–Crippen LogP) is 0.345. The number of hydrazone groups is 1. The molecule has 0 unspecified atom stereocenters. The lowest BCUT2D eigenvalue weighted by Gasteiger charge is -2.14. The van der Waals surface area contributed by atoms with Crippen molar-refractivity contribution in [1.29, 1.82) is 0 Å². The van der Waals surface area contributed by atoms with E-state index in [-0.39, 0.29) is 0 Å². The molecule has 0 bridgehead atoms. The first kappa shape index (κ1) is 13.7. The first-order valence-electron chi connectivity index (χ1n) is 5.06. The Morgan fingerprint density at radius 1 is 1.47 bits per heavy atom. The number of rotatable bonds is 6. The Morgan fingerprint density at radius 2 is 2.13 bits per heavy atom. The van der Waals surface area contributed by atoms with Crippen molar-refractivity contribution in [1.82, 2.24) is 9.91 Å². The van der Waals surface area contributed by atoms with Crippen molar-refractivity contribution in [2.75, 3.05) is 33.7 Å². The third-order valence-electron chi connectivity index (χ3n) is 1.79. The lowest BCUT2D eigenvalue weighted by molar-refractivity contribution is 0.402. The van der Waals surface area contributed by atoms with Crippen LogP contribution in [0.3, 0.4) is 0 Å². The monoisotopic (exact) mass is 211 g/mol. The molecule has 0 aliphatic rings. The summed E-state index contributed by atoms with van der Waals surface area (Å²) in [7, 11) is 4.07. The lowest BCUT2D eigenvalue weighted by atomic mass is 10.4. The molecule has 0 aromatic rings. The number of aliphatic imine (C=N–C) groups is 1. The first-order chi connectivity index (χ1) is 7.11. The van der Waals surface area contributed by atoms with E-state index < -0.39 is 0 Å². The fourth-order valence-corrected chi connectivity index (χ4v) is 1.03. The van der Waals surface area contributed by atoms with Crippen molar-refractivity contribution in [2.24, 2.45) is 15.8 Å². The molecular weight excluding hydrogens is 190 g/mol. The van der Waals surface area contributed by atoms with Gasteiger partial charge >= 0.3 is 0 Å². The van der Waals surface area contributed by atoms with Gasteiger partial charge in [0.1, 0.15) is 0 Å². The lowest BCUT2D eigenvalue weighted by Crippen LogP contribution is -2.33. The molecule has 0 aromatic heterocycles. The number of hydrogen-bond donors (Lipinski definition) is 1. The molecular formula is C10H21N5. The SMILES string of the molecule is C=C=NN(CC)C(N)=NCCCN(C)C. The molecule has 86 valence electrons. The zero-order valence-electron chi connectivity index (χ0n) is 9.90. The summed E-state index contributed by atoms with van der Waals surface area (Å²) in [5, 5.41) is 5.43. The van der Waals surface area contributed by atoms with E-state index in [1.165, 1.54) is 0 Å². The van der Waals surface area contributed by atoms with Crippen LogP contribution in [0.5, 0.6) is 0 Å². The van der Waals surface area contributed by atoms with E-state index in [1.54, 1.807) is 5.01 Å². The molecule has 0 amide bonds. The minimum absolute atomic E-state index is 0.424. The van der Waals surface area contributed by atoms with Crippen LogP contribution in [0, 0.1) is 0 Å². The number of nitrogens with two attached hydrogens (primary N) is 1. The van der Waals surface area contributed by atoms with Gasteiger partial charge in [0.15, 0.2) is 0 Å². The minimum atomic E-state index is 0.424. The average molecular weight is 211 g/mol. The highest BCUT2D eigenvalue weighted by Gasteiger charge is 2.01. The van der Waals surface area contributed by atoms with E-state index >= 15 is 0 Å². The Bertz CT molecular complexity index is 240. The van der Waals surface area contributed by atoms with E-state index in [9.17, 15) is 0 Å². The van der Waals surface area contributed by atoms with Gasteiger partial charge in [-0.25, -0.2) is 5.01 Å². The van der Waals surface area contributed by atoms with E-state index in [2.05, 4.69) is 27.4 Å². The van der Waals surface area contributed by atoms with Crippen molar-refractivity contribution in [3.05, 3.63) is 6.58 Å². The summed E-state index contributed by atoms with van der Waals surface area (Å²) in [5.74, 6) is 2.86. The van der Waals surface area contributed by atoms with Crippen LogP contribution in [0.2, 0.25) is 0 Å². The summed E-state index contributed by atoms with van der Waals surface area (Å²) < 4.78 is 0. The van der Waals surface area contributed by atoms with Gasteiger partial charge in [0.2, 0.25) is 5.96 Å². The Hall–Kier alpha value is -1.32. The molecule has 0 atom stereocenters. The van der Waals surface area contributed by atoms with Crippen molar-refractivity contribution in [2.45, 2.75) is 13.3 Å². The topological polar surface area (TPSA) is 57.2 Å². The van der Waals surface area contributed by atoms with Gasteiger partial charge in [0.05, 0.1) is 0 Å². The quantitative estimate of drug-likeness (QED) is 0.298. The summed E-state index contributed by atoms with van der Waals surface area (Å²) in [6, 6.07) is 0. The van der Waals surface area contributed by atoms with Crippen molar-refractivity contribution in [3.63, 3.8) is 0 Å². The molecule has 0 fully saturated rings. The Kier molecular flexibility index (Phi) is 7.32. The molecule has 0 radical (unpaired) electrons. The van der Waals surface area contributed by atoms with Crippen molar-refractivity contribution < 1.29 is 0 Å². The van der Waals surface area contributed by atoms with Crippen LogP contribution < -0.4 is 5.73 Å². The number of guanidine groups is 1. The highest BCUT2D eigenvalue weighted by Crippen LogP contribution is 1.90. The van der Waals surface area contributed by atoms with E-state index in [0.717, 1.165) is 13.0 Å². The largest absolute Gasteiger partial charge is 0.368 e. The Labute approximate surface area is 92.0 Å². The van der Waals surface area contributed by atoms with Gasteiger partial charge in [-0.05, 0) is 40.6 Å². The van der Waals surface area contributed by atoms with Crippen molar-refractivity contribution in [3.8, 4) is 0 Å².